The minimum Gasteiger partial charge on any atom is -0.366 e. The predicted molar refractivity (Wildman–Crippen MR) is 54.0 cm³/mol. The number of primary amides is 1. The van der Waals surface area contributed by atoms with Gasteiger partial charge in [-0.3, -0.25) is 4.79 Å². The van der Waals surface area contributed by atoms with Crippen LogP contribution in [-0.4, -0.2) is 5.91 Å². The number of hydrogen-bond donors (Lipinski definition) is 1. The van der Waals surface area contributed by atoms with Crippen LogP contribution in [0.15, 0.2) is 22.3 Å². The third-order valence-electron chi connectivity index (χ3n) is 3.31. The largest absolute Gasteiger partial charge is 0.366 e. The van der Waals surface area contributed by atoms with Crippen molar-refractivity contribution in [3.8, 4) is 0 Å². The van der Waals surface area contributed by atoms with Crippen molar-refractivity contribution in [1.29, 1.82) is 0 Å². The fraction of sp³-hybridized carbons (Fsp3) is 0.545. The normalized spacial score (nSPS) is 21.3. The van der Waals surface area contributed by atoms with Crippen molar-refractivity contribution in [3.05, 3.63) is 22.3 Å². The Kier molecular flexibility index (Phi) is 2.10. The summed E-state index contributed by atoms with van der Waals surface area (Å²) in [6.07, 6.45) is 0. The Morgan fingerprint density at radius 1 is 1.15 bits per heavy atom. The molecular formula is C11H17NO. The molecule has 0 bridgehead atoms. The predicted octanol–water partition coefficient (Wildman–Crippen LogP) is 2.16. The van der Waals surface area contributed by atoms with Gasteiger partial charge in [0, 0.05) is 11.0 Å². The van der Waals surface area contributed by atoms with Crippen molar-refractivity contribution in [2.75, 3.05) is 0 Å². The average Bonchev–Trinajstić information content (AvgIpc) is 2.12. The summed E-state index contributed by atoms with van der Waals surface area (Å²) >= 11 is 0. The average molecular weight is 179 g/mol. The van der Waals surface area contributed by atoms with Crippen molar-refractivity contribution in [1.82, 2.24) is 0 Å². The van der Waals surface area contributed by atoms with Crippen LogP contribution in [0.25, 0.3) is 0 Å². The summed E-state index contributed by atoms with van der Waals surface area (Å²) in [5.41, 5.74) is 9.46. The van der Waals surface area contributed by atoms with Gasteiger partial charge in [0.1, 0.15) is 0 Å². The first-order chi connectivity index (χ1) is 5.80. The van der Waals surface area contributed by atoms with Crippen LogP contribution in [0, 0.1) is 5.41 Å². The van der Waals surface area contributed by atoms with E-state index in [4.69, 9.17) is 5.73 Å². The second-order valence-corrected chi connectivity index (χ2v) is 4.24. The van der Waals surface area contributed by atoms with Gasteiger partial charge in [0.05, 0.1) is 0 Å². The van der Waals surface area contributed by atoms with Gasteiger partial charge >= 0.3 is 0 Å². The van der Waals surface area contributed by atoms with E-state index in [1.807, 2.05) is 27.7 Å². The van der Waals surface area contributed by atoms with E-state index in [-0.39, 0.29) is 11.3 Å². The molecule has 0 spiro atoms. The van der Waals surface area contributed by atoms with E-state index in [0.717, 1.165) is 11.1 Å². The summed E-state index contributed by atoms with van der Waals surface area (Å²) in [4.78, 5) is 11.3. The van der Waals surface area contributed by atoms with Gasteiger partial charge in [0.15, 0.2) is 0 Å². The topological polar surface area (TPSA) is 43.1 Å². The number of hydrogen-bond acceptors (Lipinski definition) is 1. The number of nitrogens with two attached hydrogens (primary N) is 1. The number of carbonyl (C=O) groups excluding carboxylic acids is 1. The van der Waals surface area contributed by atoms with E-state index >= 15 is 0 Å². The second kappa shape index (κ2) is 2.72. The Balaban J connectivity index is 3.36. The maximum absolute atomic E-state index is 11.3. The smallest absolute Gasteiger partial charge is 0.245 e. The Bertz CT molecular complexity index is 332. The van der Waals surface area contributed by atoms with Crippen molar-refractivity contribution in [2.24, 2.45) is 11.1 Å². The van der Waals surface area contributed by atoms with Gasteiger partial charge in [-0.1, -0.05) is 19.4 Å². The molecule has 1 amide bonds. The van der Waals surface area contributed by atoms with Crippen LogP contribution in [-0.2, 0) is 4.79 Å². The molecule has 2 N–H and O–H groups in total. The molecule has 2 heteroatoms. The molecule has 0 atom stereocenters. The van der Waals surface area contributed by atoms with Crippen LogP contribution in [0.3, 0.4) is 0 Å². The highest BCUT2D eigenvalue weighted by Gasteiger charge is 2.37. The number of carbonyl (C=O) groups is 1. The number of allylic oxidation sites excluding steroid dienone is 3. The van der Waals surface area contributed by atoms with Crippen LogP contribution in [0.4, 0.5) is 0 Å². The molecule has 0 aromatic heterocycles. The molecule has 0 saturated heterocycles. The standard InChI is InChI=1S/C11H17NO/c1-6-7(2)9(10(12)13)11(4,5)8(6)3/h1-5H3,(H2,12,13). The van der Waals surface area contributed by atoms with E-state index in [0.29, 0.717) is 0 Å². The molecule has 0 aliphatic heterocycles. The first-order valence-electron chi connectivity index (χ1n) is 4.49. The third-order valence-corrected chi connectivity index (χ3v) is 3.31. The van der Waals surface area contributed by atoms with Crippen molar-refractivity contribution < 1.29 is 4.79 Å². The minimum absolute atomic E-state index is 0.181. The van der Waals surface area contributed by atoms with Gasteiger partial charge in [-0.2, -0.15) is 0 Å². The number of amides is 1. The quantitative estimate of drug-likeness (QED) is 0.658. The van der Waals surface area contributed by atoms with Crippen LogP contribution < -0.4 is 5.73 Å². The summed E-state index contributed by atoms with van der Waals surface area (Å²) in [7, 11) is 0. The highest BCUT2D eigenvalue weighted by Crippen LogP contribution is 2.45. The molecule has 0 unspecified atom stereocenters. The molecule has 72 valence electrons. The molecule has 13 heavy (non-hydrogen) atoms. The molecule has 0 saturated carbocycles. The first-order valence-corrected chi connectivity index (χ1v) is 4.49. The van der Waals surface area contributed by atoms with Crippen LogP contribution in [0.5, 0.6) is 0 Å². The van der Waals surface area contributed by atoms with Gasteiger partial charge in [0.2, 0.25) is 5.91 Å². The monoisotopic (exact) mass is 179 g/mol. The maximum Gasteiger partial charge on any atom is 0.245 e. The molecule has 1 aliphatic carbocycles. The molecule has 1 rings (SSSR count). The van der Waals surface area contributed by atoms with E-state index in [1.54, 1.807) is 0 Å². The Morgan fingerprint density at radius 3 is 1.77 bits per heavy atom. The molecular weight excluding hydrogens is 162 g/mol. The van der Waals surface area contributed by atoms with E-state index in [2.05, 4.69) is 6.92 Å². The van der Waals surface area contributed by atoms with Crippen molar-refractivity contribution >= 4 is 5.91 Å². The fourth-order valence-electron chi connectivity index (χ4n) is 2.09. The lowest BCUT2D eigenvalue weighted by Gasteiger charge is -2.23. The highest BCUT2D eigenvalue weighted by atomic mass is 16.1. The third kappa shape index (κ3) is 1.21. The molecule has 0 heterocycles. The molecule has 0 radical (unpaired) electrons. The summed E-state index contributed by atoms with van der Waals surface area (Å²) < 4.78 is 0. The van der Waals surface area contributed by atoms with E-state index < -0.39 is 0 Å². The summed E-state index contributed by atoms with van der Waals surface area (Å²) in [5.74, 6) is -0.293. The Morgan fingerprint density at radius 2 is 1.62 bits per heavy atom. The van der Waals surface area contributed by atoms with Crippen LogP contribution in [0.1, 0.15) is 34.6 Å². The van der Waals surface area contributed by atoms with E-state index in [9.17, 15) is 4.79 Å². The van der Waals surface area contributed by atoms with Crippen molar-refractivity contribution in [2.45, 2.75) is 34.6 Å². The maximum atomic E-state index is 11.3. The van der Waals surface area contributed by atoms with Gasteiger partial charge in [-0.25, -0.2) is 0 Å². The van der Waals surface area contributed by atoms with E-state index in [1.165, 1.54) is 11.1 Å². The molecule has 2 nitrogen and oxygen atoms in total. The fourth-order valence-corrected chi connectivity index (χ4v) is 2.09. The molecule has 1 aliphatic rings. The Hall–Kier alpha value is -1.05. The van der Waals surface area contributed by atoms with Gasteiger partial charge in [-0.15, -0.1) is 0 Å². The zero-order valence-electron chi connectivity index (χ0n) is 8.99. The summed E-state index contributed by atoms with van der Waals surface area (Å²) in [6, 6.07) is 0. The zero-order valence-corrected chi connectivity index (χ0v) is 8.99. The second-order valence-electron chi connectivity index (χ2n) is 4.24. The van der Waals surface area contributed by atoms with Crippen molar-refractivity contribution in [3.63, 3.8) is 0 Å². The van der Waals surface area contributed by atoms with Gasteiger partial charge in [-0.05, 0) is 31.9 Å². The highest BCUT2D eigenvalue weighted by molar-refractivity contribution is 5.96. The molecule has 0 aromatic rings. The van der Waals surface area contributed by atoms with Crippen LogP contribution >= 0.6 is 0 Å². The van der Waals surface area contributed by atoms with Gasteiger partial charge < -0.3 is 5.73 Å². The summed E-state index contributed by atoms with van der Waals surface area (Å²) in [6.45, 7) is 10.2. The molecule has 0 aromatic carbocycles. The first kappa shape index (κ1) is 10.0. The lowest BCUT2D eigenvalue weighted by atomic mass is 9.80. The summed E-state index contributed by atoms with van der Waals surface area (Å²) in [5, 5.41) is 0. The zero-order chi connectivity index (χ0) is 10.4. The number of rotatable bonds is 1. The van der Waals surface area contributed by atoms with Crippen LogP contribution in [0.2, 0.25) is 0 Å². The SMILES string of the molecule is CC1=C(C)C(C)(C)C(C(N)=O)=C1C. The lowest BCUT2D eigenvalue weighted by molar-refractivity contribution is -0.115. The van der Waals surface area contributed by atoms with Gasteiger partial charge in [0.25, 0.3) is 0 Å². The molecule has 0 fully saturated rings. The Labute approximate surface area is 79.5 Å². The lowest BCUT2D eigenvalue weighted by Crippen LogP contribution is -2.25. The minimum atomic E-state index is -0.293.